The lowest BCUT2D eigenvalue weighted by Gasteiger charge is -1.98. The van der Waals surface area contributed by atoms with Crippen molar-refractivity contribution in [2.75, 3.05) is 7.11 Å². The number of halogens is 1. The van der Waals surface area contributed by atoms with Gasteiger partial charge in [0.05, 0.1) is 7.11 Å². The largest absolute Gasteiger partial charge is 0.493 e. The summed E-state index contributed by atoms with van der Waals surface area (Å²) >= 11 is 5.83. The van der Waals surface area contributed by atoms with Crippen LogP contribution >= 0.6 is 11.6 Å². The van der Waals surface area contributed by atoms with Crippen LogP contribution in [-0.4, -0.2) is 12.9 Å². The number of carbonyl (C=O) groups excluding carboxylic acids is 1. The van der Waals surface area contributed by atoms with Crippen LogP contribution in [0.3, 0.4) is 0 Å². The summed E-state index contributed by atoms with van der Waals surface area (Å²) in [5, 5.41) is 1.50. The Morgan fingerprint density at radius 1 is 1.18 bits per heavy atom. The summed E-state index contributed by atoms with van der Waals surface area (Å²) in [6.07, 6.45) is 3.20. The van der Waals surface area contributed by atoms with Gasteiger partial charge in [-0.15, -0.1) is 0 Å². The molecule has 0 atom stereocenters. The molecule has 0 radical (unpaired) electrons. The van der Waals surface area contributed by atoms with E-state index in [1.165, 1.54) is 6.08 Å². The average molecular weight is 313 g/mol. The van der Waals surface area contributed by atoms with Crippen molar-refractivity contribution in [2.24, 2.45) is 0 Å². The molecule has 2 aromatic carbocycles. The van der Waals surface area contributed by atoms with E-state index in [0.29, 0.717) is 16.4 Å². The second-order valence-corrected chi connectivity index (χ2v) is 5.17. The SMILES string of the molecule is COc1cccc2cc(C(=O)/C=C/c3ccc(Cl)cc3)oc12. The minimum Gasteiger partial charge on any atom is -0.493 e. The second kappa shape index (κ2) is 6.08. The van der Waals surface area contributed by atoms with E-state index < -0.39 is 0 Å². The van der Waals surface area contributed by atoms with Crippen LogP contribution < -0.4 is 4.74 Å². The molecule has 0 spiro atoms. The first-order valence-electron chi connectivity index (χ1n) is 6.72. The van der Waals surface area contributed by atoms with Crippen LogP contribution in [0.4, 0.5) is 0 Å². The van der Waals surface area contributed by atoms with Crippen molar-refractivity contribution in [1.82, 2.24) is 0 Å². The molecule has 110 valence electrons. The van der Waals surface area contributed by atoms with Crippen molar-refractivity contribution < 1.29 is 13.9 Å². The number of allylic oxidation sites excluding steroid dienone is 1. The van der Waals surface area contributed by atoms with Crippen LogP contribution in [-0.2, 0) is 0 Å². The number of fused-ring (bicyclic) bond motifs is 1. The second-order valence-electron chi connectivity index (χ2n) is 4.74. The Balaban J connectivity index is 1.87. The summed E-state index contributed by atoms with van der Waals surface area (Å²) < 4.78 is 10.8. The molecule has 0 aliphatic carbocycles. The maximum absolute atomic E-state index is 12.2. The number of hydrogen-bond acceptors (Lipinski definition) is 3. The molecule has 3 nitrogen and oxygen atoms in total. The molecular weight excluding hydrogens is 300 g/mol. The van der Waals surface area contributed by atoms with Crippen LogP contribution in [0.5, 0.6) is 5.75 Å². The molecule has 0 fully saturated rings. The predicted octanol–water partition coefficient (Wildman–Crippen LogP) is 4.99. The summed E-state index contributed by atoms with van der Waals surface area (Å²) in [7, 11) is 1.57. The lowest BCUT2D eigenvalue weighted by molar-refractivity contribution is 0.102. The van der Waals surface area contributed by atoms with Gasteiger partial charge in [0, 0.05) is 10.4 Å². The number of rotatable bonds is 4. The first-order chi connectivity index (χ1) is 10.7. The van der Waals surface area contributed by atoms with E-state index in [4.69, 9.17) is 20.8 Å². The van der Waals surface area contributed by atoms with Gasteiger partial charge in [-0.25, -0.2) is 0 Å². The van der Waals surface area contributed by atoms with Gasteiger partial charge in [-0.3, -0.25) is 4.79 Å². The highest BCUT2D eigenvalue weighted by Gasteiger charge is 2.12. The molecule has 0 N–H and O–H groups in total. The molecule has 0 amide bonds. The molecule has 0 bridgehead atoms. The first-order valence-corrected chi connectivity index (χ1v) is 7.10. The molecule has 3 aromatic rings. The van der Waals surface area contributed by atoms with Crippen LogP contribution in [0.2, 0.25) is 5.02 Å². The summed E-state index contributed by atoms with van der Waals surface area (Å²) in [6, 6.07) is 14.5. The third-order valence-electron chi connectivity index (χ3n) is 3.27. The van der Waals surface area contributed by atoms with Gasteiger partial charge >= 0.3 is 0 Å². The third-order valence-corrected chi connectivity index (χ3v) is 3.52. The quantitative estimate of drug-likeness (QED) is 0.503. The number of hydrogen-bond donors (Lipinski definition) is 0. The molecule has 0 unspecified atom stereocenters. The van der Waals surface area contributed by atoms with Crippen molar-refractivity contribution in [3.8, 4) is 5.75 Å². The van der Waals surface area contributed by atoms with E-state index in [2.05, 4.69) is 0 Å². The Kier molecular flexibility index (Phi) is 3.98. The van der Waals surface area contributed by atoms with Gasteiger partial charge in [0.25, 0.3) is 0 Å². The molecule has 4 heteroatoms. The Hall–Kier alpha value is -2.52. The molecule has 3 rings (SSSR count). The van der Waals surface area contributed by atoms with Crippen molar-refractivity contribution in [3.05, 3.63) is 71.0 Å². The van der Waals surface area contributed by atoms with Gasteiger partial charge in [0.1, 0.15) is 0 Å². The van der Waals surface area contributed by atoms with Crippen LogP contribution in [0.15, 0.2) is 59.0 Å². The van der Waals surface area contributed by atoms with E-state index in [0.717, 1.165) is 10.9 Å². The third kappa shape index (κ3) is 2.90. The Morgan fingerprint density at radius 2 is 1.95 bits per heavy atom. The molecule has 0 aliphatic heterocycles. The fourth-order valence-electron chi connectivity index (χ4n) is 2.15. The highest BCUT2D eigenvalue weighted by atomic mass is 35.5. The van der Waals surface area contributed by atoms with Crippen molar-refractivity contribution in [2.45, 2.75) is 0 Å². The van der Waals surface area contributed by atoms with Gasteiger partial charge in [0.2, 0.25) is 5.78 Å². The smallest absolute Gasteiger partial charge is 0.221 e. The zero-order chi connectivity index (χ0) is 15.5. The minimum absolute atomic E-state index is 0.201. The topological polar surface area (TPSA) is 39.4 Å². The number of furan rings is 1. The van der Waals surface area contributed by atoms with Crippen LogP contribution in [0.25, 0.3) is 17.0 Å². The fraction of sp³-hybridized carbons (Fsp3) is 0.0556. The Labute approximate surface area is 132 Å². The minimum atomic E-state index is -0.201. The number of carbonyl (C=O) groups is 1. The van der Waals surface area contributed by atoms with E-state index >= 15 is 0 Å². The van der Waals surface area contributed by atoms with Gasteiger partial charge in [-0.05, 0) is 35.9 Å². The predicted molar refractivity (Wildman–Crippen MR) is 87.6 cm³/mol. The monoisotopic (exact) mass is 312 g/mol. The zero-order valence-corrected chi connectivity index (χ0v) is 12.6. The van der Waals surface area contributed by atoms with Crippen molar-refractivity contribution in [3.63, 3.8) is 0 Å². The summed E-state index contributed by atoms with van der Waals surface area (Å²) in [5.41, 5.74) is 1.47. The van der Waals surface area contributed by atoms with E-state index in [-0.39, 0.29) is 11.5 Å². The van der Waals surface area contributed by atoms with Crippen molar-refractivity contribution >= 4 is 34.4 Å². The molecule has 22 heavy (non-hydrogen) atoms. The number of methoxy groups -OCH3 is 1. The lowest BCUT2D eigenvalue weighted by Crippen LogP contribution is -1.90. The number of benzene rings is 2. The van der Waals surface area contributed by atoms with Gasteiger partial charge < -0.3 is 9.15 Å². The van der Waals surface area contributed by atoms with E-state index in [9.17, 15) is 4.79 Å². The molecular formula is C18H13ClO3. The van der Waals surface area contributed by atoms with Gasteiger partial charge in [0.15, 0.2) is 17.1 Å². The average Bonchev–Trinajstić information content (AvgIpc) is 2.98. The first kappa shape index (κ1) is 14.4. The Bertz CT molecular complexity index is 844. The summed E-state index contributed by atoms with van der Waals surface area (Å²) in [4.78, 5) is 12.2. The zero-order valence-electron chi connectivity index (χ0n) is 11.9. The fourth-order valence-corrected chi connectivity index (χ4v) is 2.27. The van der Waals surface area contributed by atoms with Crippen LogP contribution in [0.1, 0.15) is 16.1 Å². The number of ether oxygens (including phenoxy) is 1. The highest BCUT2D eigenvalue weighted by molar-refractivity contribution is 6.30. The molecule has 1 aromatic heterocycles. The van der Waals surface area contributed by atoms with Gasteiger partial charge in [-0.2, -0.15) is 0 Å². The standard InChI is InChI=1S/C18H13ClO3/c1-21-16-4-2-3-13-11-17(22-18(13)16)15(20)10-7-12-5-8-14(19)9-6-12/h2-11H,1H3/b10-7+. The normalized spacial score (nSPS) is 11.2. The molecule has 0 saturated heterocycles. The number of para-hydroxylation sites is 1. The molecule has 1 heterocycles. The maximum atomic E-state index is 12.2. The number of ketones is 1. The van der Waals surface area contributed by atoms with Crippen LogP contribution in [0, 0.1) is 0 Å². The highest BCUT2D eigenvalue weighted by Crippen LogP contribution is 2.28. The summed E-state index contributed by atoms with van der Waals surface area (Å²) in [6.45, 7) is 0. The maximum Gasteiger partial charge on any atom is 0.221 e. The van der Waals surface area contributed by atoms with Gasteiger partial charge in [-0.1, -0.05) is 41.9 Å². The molecule has 0 aliphatic rings. The van der Waals surface area contributed by atoms with E-state index in [1.807, 2.05) is 24.3 Å². The summed E-state index contributed by atoms with van der Waals surface area (Å²) in [5.74, 6) is 0.691. The van der Waals surface area contributed by atoms with Crippen molar-refractivity contribution in [1.29, 1.82) is 0 Å². The lowest BCUT2D eigenvalue weighted by atomic mass is 10.1. The van der Waals surface area contributed by atoms with E-state index in [1.54, 1.807) is 37.5 Å². The Morgan fingerprint density at radius 3 is 2.68 bits per heavy atom. The molecule has 0 saturated carbocycles.